The fourth-order valence-corrected chi connectivity index (χ4v) is 2.09. The Labute approximate surface area is 105 Å². The van der Waals surface area contributed by atoms with Crippen LogP contribution >= 0.6 is 0 Å². The zero-order valence-corrected chi connectivity index (χ0v) is 11.5. The van der Waals surface area contributed by atoms with E-state index in [-0.39, 0.29) is 0 Å². The van der Waals surface area contributed by atoms with E-state index in [0.717, 1.165) is 19.6 Å². The Morgan fingerprint density at radius 1 is 1.29 bits per heavy atom. The average Bonchev–Trinajstić information content (AvgIpc) is 2.28. The summed E-state index contributed by atoms with van der Waals surface area (Å²) in [6.07, 6.45) is 1.14. The highest BCUT2D eigenvalue weighted by Crippen LogP contribution is 2.17. The van der Waals surface area contributed by atoms with E-state index in [9.17, 15) is 0 Å². The third-order valence-corrected chi connectivity index (χ3v) is 2.78. The van der Waals surface area contributed by atoms with Crippen LogP contribution in [0.3, 0.4) is 0 Å². The van der Waals surface area contributed by atoms with Gasteiger partial charge in [0.15, 0.2) is 0 Å². The van der Waals surface area contributed by atoms with Crippen LogP contribution in [0, 0.1) is 5.92 Å². The van der Waals surface area contributed by atoms with Crippen LogP contribution in [0.5, 0.6) is 0 Å². The smallest absolute Gasteiger partial charge is 0.0657 e. The van der Waals surface area contributed by atoms with Gasteiger partial charge >= 0.3 is 0 Å². The molecular weight excluding hydrogens is 210 g/mol. The summed E-state index contributed by atoms with van der Waals surface area (Å²) in [4.78, 5) is 0. The summed E-state index contributed by atoms with van der Waals surface area (Å²) in [5, 5.41) is 3.46. The molecule has 0 radical (unpaired) electrons. The summed E-state index contributed by atoms with van der Waals surface area (Å²) >= 11 is 0. The molecule has 96 valence electrons. The molecule has 0 spiro atoms. The molecule has 1 N–H and O–H groups in total. The Morgan fingerprint density at radius 2 is 2.06 bits per heavy atom. The Bertz CT molecular complexity index is 316. The van der Waals surface area contributed by atoms with Gasteiger partial charge in [-0.2, -0.15) is 0 Å². The van der Waals surface area contributed by atoms with E-state index in [1.54, 1.807) is 7.11 Å². The maximum Gasteiger partial charge on any atom is 0.0657 e. The van der Waals surface area contributed by atoms with Crippen LogP contribution in [0.2, 0.25) is 0 Å². The molecule has 0 aliphatic rings. The van der Waals surface area contributed by atoms with Gasteiger partial charge in [0.1, 0.15) is 0 Å². The highest BCUT2D eigenvalue weighted by atomic mass is 16.5. The summed E-state index contributed by atoms with van der Waals surface area (Å²) < 4.78 is 5.27. The number of likely N-dealkylation sites (N-methyl/N-ethyl adjacent to an activating group) is 1. The summed E-state index contributed by atoms with van der Waals surface area (Å²) in [5.41, 5.74) is 2.74. The third kappa shape index (κ3) is 4.88. The number of methoxy groups -OCH3 is 1. The maximum absolute atomic E-state index is 5.27. The van der Waals surface area contributed by atoms with Crippen molar-refractivity contribution in [3.8, 4) is 0 Å². The Balaban J connectivity index is 2.79. The van der Waals surface area contributed by atoms with Gasteiger partial charge in [0.05, 0.1) is 12.6 Å². The Hall–Kier alpha value is -0.860. The third-order valence-electron chi connectivity index (χ3n) is 2.78. The first-order valence-corrected chi connectivity index (χ1v) is 6.48. The van der Waals surface area contributed by atoms with Crippen molar-refractivity contribution in [1.82, 2.24) is 5.32 Å². The predicted octanol–water partition coefficient (Wildman–Crippen LogP) is 3.18. The summed E-state index contributed by atoms with van der Waals surface area (Å²) in [6.45, 7) is 8.31. The average molecular weight is 235 g/mol. The van der Waals surface area contributed by atoms with Crippen LogP contribution in [0.25, 0.3) is 0 Å². The molecule has 0 heterocycles. The lowest BCUT2D eigenvalue weighted by molar-refractivity contribution is 0.168. The maximum atomic E-state index is 5.27. The van der Waals surface area contributed by atoms with Crippen LogP contribution in [0.15, 0.2) is 24.3 Å². The lowest BCUT2D eigenvalue weighted by Gasteiger charge is -2.18. The monoisotopic (exact) mass is 235 g/mol. The molecule has 0 fully saturated rings. The summed E-state index contributed by atoms with van der Waals surface area (Å²) in [6, 6.07) is 9.13. The lowest BCUT2D eigenvalue weighted by atomic mass is 9.98. The quantitative estimate of drug-likeness (QED) is 0.783. The van der Waals surface area contributed by atoms with Gasteiger partial charge in [-0.15, -0.1) is 0 Å². The van der Waals surface area contributed by atoms with E-state index in [1.807, 2.05) is 0 Å². The first-order valence-electron chi connectivity index (χ1n) is 6.48. The van der Waals surface area contributed by atoms with Crippen molar-refractivity contribution in [2.75, 3.05) is 20.3 Å². The van der Waals surface area contributed by atoms with Crippen molar-refractivity contribution < 1.29 is 4.74 Å². The molecule has 0 saturated carbocycles. The molecule has 0 amide bonds. The van der Waals surface area contributed by atoms with E-state index in [0.29, 0.717) is 12.0 Å². The molecular formula is C15H25NO. The molecule has 1 aromatic rings. The van der Waals surface area contributed by atoms with Gasteiger partial charge in [-0.05, 0) is 30.0 Å². The first-order chi connectivity index (χ1) is 8.17. The largest absolute Gasteiger partial charge is 0.383 e. The fourth-order valence-electron chi connectivity index (χ4n) is 2.09. The van der Waals surface area contributed by atoms with Crippen LogP contribution < -0.4 is 5.32 Å². The highest BCUT2D eigenvalue weighted by Gasteiger charge is 2.10. The second-order valence-electron chi connectivity index (χ2n) is 4.91. The van der Waals surface area contributed by atoms with Crippen molar-refractivity contribution in [2.45, 2.75) is 33.2 Å². The van der Waals surface area contributed by atoms with E-state index < -0.39 is 0 Å². The molecule has 0 aliphatic heterocycles. The Kier molecular flexibility index (Phi) is 6.23. The Morgan fingerprint density at radius 3 is 2.65 bits per heavy atom. The number of hydrogen-bond acceptors (Lipinski definition) is 2. The van der Waals surface area contributed by atoms with E-state index in [2.05, 4.69) is 50.4 Å². The molecule has 1 aromatic carbocycles. The minimum Gasteiger partial charge on any atom is -0.383 e. The fraction of sp³-hybridized carbons (Fsp3) is 0.600. The van der Waals surface area contributed by atoms with Gasteiger partial charge in [0, 0.05) is 7.11 Å². The molecule has 0 aliphatic carbocycles. The van der Waals surface area contributed by atoms with Gasteiger partial charge in [-0.25, -0.2) is 0 Å². The zero-order chi connectivity index (χ0) is 12.7. The normalized spacial score (nSPS) is 13.0. The van der Waals surface area contributed by atoms with E-state index in [1.165, 1.54) is 11.1 Å². The second kappa shape index (κ2) is 7.46. The molecule has 0 saturated heterocycles. The minimum atomic E-state index is 0.303. The van der Waals surface area contributed by atoms with Crippen LogP contribution in [0.1, 0.15) is 37.9 Å². The number of rotatable bonds is 7. The molecule has 17 heavy (non-hydrogen) atoms. The number of nitrogens with one attached hydrogen (secondary N) is 1. The SMILES string of the molecule is CCNC(COC)c1cccc(CC(C)C)c1. The van der Waals surface area contributed by atoms with Crippen molar-refractivity contribution in [2.24, 2.45) is 5.92 Å². The second-order valence-corrected chi connectivity index (χ2v) is 4.91. The van der Waals surface area contributed by atoms with Crippen LogP contribution in [-0.4, -0.2) is 20.3 Å². The number of hydrogen-bond donors (Lipinski definition) is 1. The topological polar surface area (TPSA) is 21.3 Å². The van der Waals surface area contributed by atoms with Crippen LogP contribution in [-0.2, 0) is 11.2 Å². The van der Waals surface area contributed by atoms with Gasteiger partial charge in [-0.1, -0.05) is 45.0 Å². The van der Waals surface area contributed by atoms with Gasteiger partial charge in [-0.3, -0.25) is 0 Å². The molecule has 2 heteroatoms. The van der Waals surface area contributed by atoms with E-state index >= 15 is 0 Å². The number of ether oxygens (including phenoxy) is 1. The lowest BCUT2D eigenvalue weighted by Crippen LogP contribution is -2.25. The highest BCUT2D eigenvalue weighted by molar-refractivity contribution is 5.26. The van der Waals surface area contributed by atoms with Crippen molar-refractivity contribution in [3.63, 3.8) is 0 Å². The number of benzene rings is 1. The van der Waals surface area contributed by atoms with Gasteiger partial charge in [0.25, 0.3) is 0 Å². The summed E-state index contributed by atoms with van der Waals surface area (Å²) in [7, 11) is 1.75. The molecule has 1 rings (SSSR count). The molecule has 0 aromatic heterocycles. The standard InChI is InChI=1S/C15H25NO/c1-5-16-15(11-17-4)14-8-6-7-13(10-14)9-12(2)3/h6-8,10,12,15-16H,5,9,11H2,1-4H3. The predicted molar refractivity (Wildman–Crippen MR) is 73.3 cm³/mol. The molecule has 2 nitrogen and oxygen atoms in total. The van der Waals surface area contributed by atoms with Gasteiger partial charge < -0.3 is 10.1 Å². The molecule has 0 bridgehead atoms. The zero-order valence-electron chi connectivity index (χ0n) is 11.5. The van der Waals surface area contributed by atoms with Crippen LogP contribution in [0.4, 0.5) is 0 Å². The molecule has 1 unspecified atom stereocenters. The van der Waals surface area contributed by atoms with Crippen molar-refractivity contribution in [1.29, 1.82) is 0 Å². The summed E-state index contributed by atoms with van der Waals surface area (Å²) in [5.74, 6) is 0.699. The molecule has 1 atom stereocenters. The van der Waals surface area contributed by atoms with E-state index in [4.69, 9.17) is 4.74 Å². The first kappa shape index (κ1) is 14.2. The van der Waals surface area contributed by atoms with Gasteiger partial charge in [0.2, 0.25) is 0 Å². The van der Waals surface area contributed by atoms with Crippen molar-refractivity contribution in [3.05, 3.63) is 35.4 Å². The minimum absolute atomic E-state index is 0.303. The van der Waals surface area contributed by atoms with Crippen molar-refractivity contribution >= 4 is 0 Å².